The Kier molecular flexibility index (Phi) is 18.3. The van der Waals surface area contributed by atoms with E-state index in [1.54, 1.807) is 0 Å². The molecule has 0 aliphatic heterocycles. The van der Waals surface area contributed by atoms with Crippen LogP contribution in [0.15, 0.2) is 146 Å². The number of halogens is 6. The number of rotatable bonds is 6. The molecule has 0 heterocycles. The summed E-state index contributed by atoms with van der Waals surface area (Å²) in [5.74, 6) is 0. The zero-order valence-corrected chi connectivity index (χ0v) is 41.7. The van der Waals surface area contributed by atoms with Gasteiger partial charge in [-0.1, -0.05) is 130 Å². The molecule has 1 aliphatic carbocycles. The maximum absolute atomic E-state index is 6.20. The first-order valence-corrected chi connectivity index (χ1v) is 22.3. The fourth-order valence-electron chi connectivity index (χ4n) is 7.21. The average Bonchev–Trinajstić information content (AvgIpc) is 3.88. The second-order valence-corrected chi connectivity index (χ2v) is 20.4. The largest absolute Gasteiger partial charge is 1.00 e. The molecule has 7 aromatic carbocycles. The predicted octanol–water partition coefficient (Wildman–Crippen LogP) is 10.2. The van der Waals surface area contributed by atoms with Gasteiger partial charge < -0.3 is 24.8 Å². The van der Waals surface area contributed by atoms with Crippen molar-refractivity contribution in [3.05, 3.63) is 205 Å². The Morgan fingerprint density at radius 3 is 1.38 bits per heavy atom. The first-order valence-electron chi connectivity index (χ1n) is 19.6. The summed E-state index contributed by atoms with van der Waals surface area (Å²) in [5, 5.41) is 3.10. The van der Waals surface area contributed by atoms with Gasteiger partial charge >= 0.3 is 133 Å². The normalized spacial score (nSPS) is 11.4. The van der Waals surface area contributed by atoms with E-state index in [1.165, 1.54) is 88.6 Å². The average molecular weight is 989 g/mol. The Morgan fingerprint density at radius 2 is 0.967 bits per heavy atom. The van der Waals surface area contributed by atoms with Crippen LogP contribution in [0.1, 0.15) is 74.9 Å². The Morgan fingerprint density at radius 1 is 0.550 bits per heavy atom. The van der Waals surface area contributed by atoms with Crippen molar-refractivity contribution < 1.29 is 49.0 Å². The van der Waals surface area contributed by atoms with Crippen molar-refractivity contribution in [2.45, 2.75) is 71.6 Å². The van der Waals surface area contributed by atoms with E-state index in [1.807, 2.05) is 78.9 Å². The summed E-state index contributed by atoms with van der Waals surface area (Å²) >= 11 is 25.6. The van der Waals surface area contributed by atoms with Crippen molar-refractivity contribution in [2.24, 2.45) is 0 Å². The third-order valence-electron chi connectivity index (χ3n) is 10.2. The molecule has 0 saturated carbocycles. The number of hydrogen-bond donors (Lipinski definition) is 0. The summed E-state index contributed by atoms with van der Waals surface area (Å²) in [4.78, 5) is 0. The van der Waals surface area contributed by atoms with Gasteiger partial charge in [-0.05, 0) is 51.6 Å². The quantitative estimate of drug-likeness (QED) is 0.146. The number of hydrogen-bond acceptors (Lipinski definition) is 0. The van der Waals surface area contributed by atoms with E-state index in [9.17, 15) is 0 Å². The van der Waals surface area contributed by atoms with Crippen LogP contribution in [-0.4, -0.2) is 3.21 Å². The number of benzene rings is 6. The molecule has 0 N–H and O–H groups in total. The zero-order chi connectivity index (χ0) is 41.6. The fraction of sp³-hybridized carbons (Fsp3) is 0.208. The SMILES string of the molecule is CC(C)(C)c1cc2c([c-]c1-c1ccc(Cl)cc1)Cc1cc(-c3ccc(Cl)cc3)c(C(C)(C)C)cc1-2.Clc1ccc(C[C](=[Zr+2])Cc2ccc(Cl)cc2)cc1.[Cl-].[Cl-].c1cc[cH-]c1. The topological polar surface area (TPSA) is 0 Å². The standard InChI is InChI=1S/C33H31Cl2.C15H12Cl2.C5H5.2ClH.Zr/c1-32(2,3)30-18-26-22(16-28(30)20-7-11-24(34)12-8-20)15-23-17-29(21-9-13-25(35)14-10-21)31(19-27(23)26)33(4,5)6;16-14-8-4-12(5-9-14)2-1-3-13-6-10-15(17)11-7-13;1-2-4-5-3-1;;;/h7-14,16,18-19H,15H2,1-6H3;4-11H,2-3H2;1-5H;2*1H;/q-1;;-1;;;+2/p-2. The van der Waals surface area contributed by atoms with Crippen LogP contribution in [0.2, 0.25) is 20.1 Å². The molecule has 0 bridgehead atoms. The monoisotopic (exact) mass is 984 g/mol. The summed E-state index contributed by atoms with van der Waals surface area (Å²) in [6.45, 7) is 13.7. The van der Waals surface area contributed by atoms with Crippen molar-refractivity contribution in [2.75, 3.05) is 0 Å². The third-order valence-corrected chi connectivity index (χ3v) is 12.1. The van der Waals surface area contributed by atoms with E-state index in [0.717, 1.165) is 44.9 Å². The predicted molar refractivity (Wildman–Crippen MR) is 249 cm³/mol. The van der Waals surface area contributed by atoms with E-state index in [4.69, 9.17) is 46.4 Å². The van der Waals surface area contributed by atoms with Gasteiger partial charge in [0.05, 0.1) is 0 Å². The molecule has 7 heteroatoms. The van der Waals surface area contributed by atoms with Gasteiger partial charge in [-0.15, -0.1) is 28.8 Å². The van der Waals surface area contributed by atoms with E-state index >= 15 is 0 Å². The van der Waals surface area contributed by atoms with Crippen LogP contribution < -0.4 is 24.8 Å². The summed E-state index contributed by atoms with van der Waals surface area (Å²) in [6, 6.07) is 53.6. The van der Waals surface area contributed by atoms with Gasteiger partial charge in [0.25, 0.3) is 0 Å². The molecule has 0 unspecified atom stereocenters. The van der Waals surface area contributed by atoms with Gasteiger partial charge in [-0.2, -0.15) is 18.2 Å². The Balaban J connectivity index is 0.000000265. The van der Waals surface area contributed by atoms with Gasteiger partial charge in [0.1, 0.15) is 0 Å². The minimum atomic E-state index is -0.0145. The van der Waals surface area contributed by atoms with Gasteiger partial charge in [-0.25, -0.2) is 12.1 Å². The molecule has 0 atom stereocenters. The van der Waals surface area contributed by atoms with Crippen LogP contribution in [-0.2, 0) is 54.3 Å². The molecule has 0 radical (unpaired) electrons. The molecule has 7 aromatic rings. The van der Waals surface area contributed by atoms with Crippen LogP contribution >= 0.6 is 46.4 Å². The van der Waals surface area contributed by atoms with Crippen LogP contribution in [0.25, 0.3) is 33.4 Å². The molecule has 0 spiro atoms. The summed E-state index contributed by atoms with van der Waals surface area (Å²) in [6.07, 6.45) is 2.94. The summed E-state index contributed by atoms with van der Waals surface area (Å²) in [5.41, 5.74) is 15.4. The van der Waals surface area contributed by atoms with Crippen molar-refractivity contribution in [1.82, 2.24) is 0 Å². The molecule has 0 nitrogen and oxygen atoms in total. The molecule has 0 fully saturated rings. The van der Waals surface area contributed by atoms with E-state index in [0.29, 0.717) is 0 Å². The van der Waals surface area contributed by atoms with Crippen LogP contribution in [0, 0.1) is 6.07 Å². The first kappa shape index (κ1) is 49.8. The minimum Gasteiger partial charge on any atom is -1.00 e. The third kappa shape index (κ3) is 13.3. The molecule has 308 valence electrons. The van der Waals surface area contributed by atoms with Gasteiger partial charge in [-0.3, -0.25) is 0 Å². The second-order valence-electron chi connectivity index (χ2n) is 16.9. The van der Waals surface area contributed by atoms with Crippen molar-refractivity contribution in [3.63, 3.8) is 0 Å². The maximum Gasteiger partial charge on any atom is -0.172 e. The molecule has 0 saturated heterocycles. The Hall–Kier alpha value is -2.84. The fourth-order valence-corrected chi connectivity index (χ4v) is 8.71. The van der Waals surface area contributed by atoms with E-state index in [-0.39, 0.29) is 35.6 Å². The van der Waals surface area contributed by atoms with Crippen LogP contribution in [0.3, 0.4) is 0 Å². The number of fused-ring (bicyclic) bond motifs is 3. The zero-order valence-electron chi connectivity index (χ0n) is 34.7. The Labute approximate surface area is 405 Å². The van der Waals surface area contributed by atoms with E-state index < -0.39 is 0 Å². The van der Waals surface area contributed by atoms with Gasteiger partial charge in [0.15, 0.2) is 0 Å². The van der Waals surface area contributed by atoms with Crippen LogP contribution in [0.5, 0.6) is 0 Å². The summed E-state index contributed by atoms with van der Waals surface area (Å²) < 4.78 is 1.52. The molecule has 0 amide bonds. The molecular weight excluding hydrogens is 941 g/mol. The smallest absolute Gasteiger partial charge is 0.172 e. The summed E-state index contributed by atoms with van der Waals surface area (Å²) in [7, 11) is 0. The molecule has 0 aromatic heterocycles. The van der Waals surface area contributed by atoms with E-state index in [2.05, 4.69) is 114 Å². The molecular formula is C53H48Cl6Zr-2. The molecule has 1 aliphatic rings. The van der Waals surface area contributed by atoms with Gasteiger partial charge in [0.2, 0.25) is 0 Å². The maximum atomic E-state index is 6.20. The second kappa shape index (κ2) is 22.0. The minimum absolute atomic E-state index is 0. The molecule has 8 rings (SSSR count). The Bertz CT molecular complexity index is 2270. The van der Waals surface area contributed by atoms with Crippen molar-refractivity contribution >= 4 is 49.6 Å². The van der Waals surface area contributed by atoms with Crippen molar-refractivity contribution in [3.8, 4) is 33.4 Å². The van der Waals surface area contributed by atoms with Crippen LogP contribution in [0.4, 0.5) is 0 Å². The molecule has 60 heavy (non-hydrogen) atoms. The van der Waals surface area contributed by atoms with Crippen molar-refractivity contribution in [1.29, 1.82) is 0 Å². The first-order chi connectivity index (χ1) is 27.5. The van der Waals surface area contributed by atoms with Gasteiger partial charge in [0, 0.05) is 10.0 Å².